The highest BCUT2D eigenvalue weighted by Crippen LogP contribution is 2.45. The summed E-state index contributed by atoms with van der Waals surface area (Å²) in [6.07, 6.45) is 3.57. The molecule has 4 rings (SSSR count). The van der Waals surface area contributed by atoms with Crippen LogP contribution in [-0.4, -0.2) is 32.8 Å². The van der Waals surface area contributed by atoms with Crippen LogP contribution in [0.15, 0.2) is 46.6 Å². The molecule has 5 nitrogen and oxygen atoms in total. The number of thiocarbonyl (C=S) groups is 1. The summed E-state index contributed by atoms with van der Waals surface area (Å²) >= 11 is 9.76. The van der Waals surface area contributed by atoms with Crippen LogP contribution in [0.3, 0.4) is 0 Å². The van der Waals surface area contributed by atoms with Gasteiger partial charge < -0.3 is 4.90 Å². The molecule has 9 heteroatoms. The van der Waals surface area contributed by atoms with E-state index in [9.17, 15) is 9.59 Å². The van der Waals surface area contributed by atoms with Crippen molar-refractivity contribution in [3.05, 3.63) is 56.5 Å². The van der Waals surface area contributed by atoms with Crippen LogP contribution in [0.5, 0.6) is 0 Å². The molecule has 0 spiro atoms. The number of hydrogen-bond donors (Lipinski definition) is 0. The maximum atomic E-state index is 13.5. The summed E-state index contributed by atoms with van der Waals surface area (Å²) in [6.45, 7) is 9.69. The van der Waals surface area contributed by atoms with E-state index in [0.717, 1.165) is 35.0 Å². The van der Waals surface area contributed by atoms with Crippen molar-refractivity contribution in [2.75, 3.05) is 18.0 Å². The lowest BCUT2D eigenvalue weighted by atomic mass is 10.3. The fourth-order valence-corrected chi connectivity index (χ4v) is 7.53. The molecular formula is C22H23N3O2S4. The molecule has 0 radical (unpaired) electrons. The number of rotatable bonds is 6. The van der Waals surface area contributed by atoms with Crippen molar-refractivity contribution in [2.45, 2.75) is 38.1 Å². The minimum Gasteiger partial charge on any atom is -0.334 e. The number of fused-ring (bicyclic) bond motifs is 1. The van der Waals surface area contributed by atoms with Gasteiger partial charge in [0.2, 0.25) is 0 Å². The molecule has 1 amide bonds. The second kappa shape index (κ2) is 9.36. The first-order valence-corrected chi connectivity index (χ1v) is 13.0. The quantitative estimate of drug-likeness (QED) is 0.457. The lowest BCUT2D eigenvalue weighted by Gasteiger charge is -2.16. The van der Waals surface area contributed by atoms with E-state index in [4.69, 9.17) is 12.2 Å². The Hall–Kier alpha value is -1.81. The smallest absolute Gasteiger partial charge is 0.272 e. The Labute approximate surface area is 199 Å². The van der Waals surface area contributed by atoms with Crippen LogP contribution in [0.2, 0.25) is 0 Å². The number of thioether (sulfide) groups is 2. The number of allylic oxidation sites excluding steroid dienone is 1. The summed E-state index contributed by atoms with van der Waals surface area (Å²) in [5, 5.41) is 0.921. The Kier molecular flexibility index (Phi) is 6.76. The van der Waals surface area contributed by atoms with E-state index in [2.05, 4.69) is 37.5 Å². The maximum Gasteiger partial charge on any atom is 0.272 e. The van der Waals surface area contributed by atoms with Gasteiger partial charge in [-0.1, -0.05) is 67.3 Å². The molecule has 31 heavy (non-hydrogen) atoms. The molecule has 2 aliphatic heterocycles. The number of thiazole rings is 1. The maximum absolute atomic E-state index is 13.5. The molecule has 1 aromatic heterocycles. The molecule has 1 saturated heterocycles. The van der Waals surface area contributed by atoms with E-state index in [-0.39, 0.29) is 11.5 Å². The number of hydrogen-bond acceptors (Lipinski definition) is 7. The third-order valence-electron chi connectivity index (χ3n) is 5.09. The SMILES string of the molecule is C=CCn1c(=O)/c(=C2/Sc3ccccc3N2CC)s/c1=C1\SC(=S)N(CCCC)C1=O. The van der Waals surface area contributed by atoms with Crippen LogP contribution in [0, 0.1) is 0 Å². The first-order chi connectivity index (χ1) is 15.0. The predicted molar refractivity (Wildman–Crippen MR) is 137 cm³/mol. The molecule has 0 unspecified atom stereocenters. The van der Waals surface area contributed by atoms with Gasteiger partial charge in [0.05, 0.1) is 5.69 Å². The molecule has 0 bridgehead atoms. The molecule has 0 atom stereocenters. The van der Waals surface area contributed by atoms with Gasteiger partial charge >= 0.3 is 0 Å². The number of nitrogens with zero attached hydrogens (tertiary/aromatic N) is 3. The van der Waals surface area contributed by atoms with Crippen molar-refractivity contribution in [3.63, 3.8) is 0 Å². The van der Waals surface area contributed by atoms with Gasteiger partial charge in [-0.2, -0.15) is 0 Å². The molecule has 1 fully saturated rings. The zero-order valence-corrected chi connectivity index (χ0v) is 20.7. The molecule has 3 heterocycles. The molecule has 0 aliphatic carbocycles. The molecule has 2 aliphatic rings. The average molecular weight is 490 g/mol. The summed E-state index contributed by atoms with van der Waals surface area (Å²) in [4.78, 5) is 32.1. The van der Waals surface area contributed by atoms with Gasteiger partial charge in [0.1, 0.15) is 23.4 Å². The summed E-state index contributed by atoms with van der Waals surface area (Å²) in [5.41, 5.74) is 1.02. The van der Waals surface area contributed by atoms with Crippen LogP contribution in [0.25, 0.3) is 9.93 Å². The summed E-state index contributed by atoms with van der Waals surface area (Å²) in [6, 6.07) is 8.16. The van der Waals surface area contributed by atoms with E-state index >= 15 is 0 Å². The highest BCUT2D eigenvalue weighted by atomic mass is 32.2. The minimum atomic E-state index is -0.103. The molecule has 0 saturated carbocycles. The number of anilines is 1. The Morgan fingerprint density at radius 2 is 1.90 bits per heavy atom. The van der Waals surface area contributed by atoms with E-state index in [1.807, 2.05) is 12.1 Å². The summed E-state index contributed by atoms with van der Waals surface area (Å²) in [7, 11) is 0. The second-order valence-corrected chi connectivity index (χ2v) is 10.7. The summed E-state index contributed by atoms with van der Waals surface area (Å²) in [5.74, 6) is -0.103. The molecule has 1 aromatic carbocycles. The normalized spacial score (nSPS) is 19.4. The molecule has 0 N–H and O–H groups in total. The van der Waals surface area contributed by atoms with Crippen molar-refractivity contribution in [1.29, 1.82) is 0 Å². The van der Waals surface area contributed by atoms with Gasteiger partial charge in [-0.3, -0.25) is 19.1 Å². The number of para-hydroxylation sites is 1. The van der Waals surface area contributed by atoms with Crippen LogP contribution < -0.4 is 19.7 Å². The third kappa shape index (κ3) is 3.92. The van der Waals surface area contributed by atoms with Gasteiger partial charge in [-0.25, -0.2) is 0 Å². The molecular weight excluding hydrogens is 467 g/mol. The minimum absolute atomic E-state index is 0.0903. The Balaban J connectivity index is 1.93. The highest BCUT2D eigenvalue weighted by molar-refractivity contribution is 8.30. The predicted octanol–water partition coefficient (Wildman–Crippen LogP) is 3.56. The van der Waals surface area contributed by atoms with E-state index in [1.54, 1.807) is 27.3 Å². The monoisotopic (exact) mass is 489 g/mol. The van der Waals surface area contributed by atoms with Crippen molar-refractivity contribution in [3.8, 4) is 0 Å². The number of unbranched alkanes of at least 4 members (excludes halogenated alkanes) is 1. The first-order valence-electron chi connectivity index (χ1n) is 10.2. The van der Waals surface area contributed by atoms with Gasteiger partial charge in [0.15, 0.2) is 0 Å². The topological polar surface area (TPSA) is 45.6 Å². The Morgan fingerprint density at radius 3 is 2.61 bits per heavy atom. The van der Waals surface area contributed by atoms with E-state index < -0.39 is 0 Å². The summed E-state index contributed by atoms with van der Waals surface area (Å²) < 4.78 is 3.53. The van der Waals surface area contributed by atoms with Crippen molar-refractivity contribution in [2.24, 2.45) is 0 Å². The van der Waals surface area contributed by atoms with Gasteiger partial charge in [0.25, 0.3) is 11.5 Å². The number of carbonyl (C=O) groups is 1. The van der Waals surface area contributed by atoms with Gasteiger partial charge in [0, 0.05) is 24.5 Å². The lowest BCUT2D eigenvalue weighted by Crippen LogP contribution is -2.35. The van der Waals surface area contributed by atoms with Crippen LogP contribution in [0.4, 0.5) is 5.69 Å². The van der Waals surface area contributed by atoms with Crippen molar-refractivity contribution in [1.82, 2.24) is 9.47 Å². The largest absolute Gasteiger partial charge is 0.334 e. The van der Waals surface area contributed by atoms with Crippen molar-refractivity contribution < 1.29 is 4.79 Å². The van der Waals surface area contributed by atoms with Crippen LogP contribution in [0.1, 0.15) is 26.7 Å². The zero-order chi connectivity index (χ0) is 22.1. The van der Waals surface area contributed by atoms with E-state index in [0.29, 0.717) is 31.5 Å². The number of aromatic nitrogens is 1. The fourth-order valence-electron chi connectivity index (χ4n) is 3.56. The standard InChI is InChI=1S/C22H23N3O2S4/c1-4-7-13-25-19(27)17(31-22(25)28)21-24(12-5-2)18(26)16(30-21)20-23(6-3)14-10-8-9-11-15(14)29-20/h5,8-11H,2,4,6-7,12-13H2,1,3H3/b20-16-,21-17-. The first kappa shape index (κ1) is 22.4. The molecule has 162 valence electrons. The number of carbonyl (C=O) groups excluding carboxylic acids is 1. The number of amides is 1. The van der Waals surface area contributed by atoms with Gasteiger partial charge in [-0.15, -0.1) is 17.9 Å². The Morgan fingerprint density at radius 1 is 1.13 bits per heavy atom. The highest BCUT2D eigenvalue weighted by Gasteiger charge is 2.34. The van der Waals surface area contributed by atoms with E-state index in [1.165, 1.54) is 23.1 Å². The molecule has 2 aromatic rings. The van der Waals surface area contributed by atoms with Gasteiger partial charge in [-0.05, 0) is 25.5 Å². The van der Waals surface area contributed by atoms with Crippen LogP contribution >= 0.6 is 47.1 Å². The third-order valence-corrected chi connectivity index (χ3v) is 9.16. The Bertz CT molecular complexity index is 1240. The fraction of sp³-hybridized carbons (Fsp3) is 0.318. The zero-order valence-electron chi connectivity index (χ0n) is 17.4. The van der Waals surface area contributed by atoms with Crippen molar-refractivity contribution >= 4 is 72.9 Å². The second-order valence-electron chi connectivity index (χ2n) is 7.07. The average Bonchev–Trinajstić information content (AvgIpc) is 3.38. The number of benzene rings is 1. The van der Waals surface area contributed by atoms with Crippen LogP contribution in [-0.2, 0) is 11.3 Å². The lowest BCUT2D eigenvalue weighted by molar-refractivity contribution is -0.120.